The fraction of sp³-hybridized carbons (Fsp3) is 0.833. The Bertz CT molecular complexity index is 249. The summed E-state index contributed by atoms with van der Waals surface area (Å²) >= 11 is 0. The van der Waals surface area contributed by atoms with Crippen molar-refractivity contribution in [1.29, 1.82) is 0 Å². The molecule has 1 saturated carbocycles. The molecule has 1 aliphatic carbocycles. The average molecular weight is 226 g/mol. The largest absolute Gasteiger partial charge is 0.347 e. The van der Waals surface area contributed by atoms with Gasteiger partial charge in [-0.3, -0.25) is 9.59 Å². The summed E-state index contributed by atoms with van der Waals surface area (Å²) in [7, 11) is 1.79. The van der Waals surface area contributed by atoms with Gasteiger partial charge in [-0.2, -0.15) is 0 Å². The SMILES string of the molecule is CCCCN(C)C(=O)CNC(=O)C1CCC1. The van der Waals surface area contributed by atoms with Gasteiger partial charge in [0.05, 0.1) is 6.54 Å². The van der Waals surface area contributed by atoms with Crippen molar-refractivity contribution < 1.29 is 9.59 Å². The van der Waals surface area contributed by atoms with E-state index in [9.17, 15) is 9.59 Å². The molecule has 1 fully saturated rings. The lowest BCUT2D eigenvalue weighted by molar-refractivity contribution is -0.134. The van der Waals surface area contributed by atoms with Gasteiger partial charge in [-0.25, -0.2) is 0 Å². The van der Waals surface area contributed by atoms with Crippen molar-refractivity contribution in [2.24, 2.45) is 5.92 Å². The number of carbonyl (C=O) groups excluding carboxylic acids is 2. The highest BCUT2D eigenvalue weighted by atomic mass is 16.2. The number of carbonyl (C=O) groups is 2. The quantitative estimate of drug-likeness (QED) is 0.739. The van der Waals surface area contributed by atoms with Crippen LogP contribution in [0.3, 0.4) is 0 Å². The molecular formula is C12H22N2O2. The summed E-state index contributed by atoms with van der Waals surface area (Å²) in [4.78, 5) is 24.8. The van der Waals surface area contributed by atoms with Gasteiger partial charge in [0.15, 0.2) is 0 Å². The third-order valence-electron chi connectivity index (χ3n) is 3.16. The third-order valence-corrected chi connectivity index (χ3v) is 3.16. The first-order chi connectivity index (χ1) is 7.65. The molecule has 0 aliphatic heterocycles. The van der Waals surface area contributed by atoms with Crippen LogP contribution in [0.15, 0.2) is 0 Å². The highest BCUT2D eigenvalue weighted by Gasteiger charge is 2.25. The molecule has 1 N–H and O–H groups in total. The Kier molecular flexibility index (Phi) is 5.29. The summed E-state index contributed by atoms with van der Waals surface area (Å²) in [6, 6.07) is 0. The molecule has 0 aromatic heterocycles. The van der Waals surface area contributed by atoms with Crippen LogP contribution < -0.4 is 5.32 Å². The minimum atomic E-state index is 0.00104. The van der Waals surface area contributed by atoms with E-state index in [1.807, 2.05) is 0 Å². The maximum atomic E-state index is 11.6. The van der Waals surface area contributed by atoms with Gasteiger partial charge in [0.25, 0.3) is 0 Å². The van der Waals surface area contributed by atoms with Crippen LogP contribution >= 0.6 is 0 Å². The Morgan fingerprint density at radius 2 is 2.06 bits per heavy atom. The number of nitrogens with zero attached hydrogens (tertiary/aromatic N) is 1. The first-order valence-corrected chi connectivity index (χ1v) is 6.16. The number of hydrogen-bond donors (Lipinski definition) is 1. The van der Waals surface area contributed by atoms with Gasteiger partial charge in [0.1, 0.15) is 0 Å². The highest BCUT2D eigenvalue weighted by molar-refractivity contribution is 5.86. The monoisotopic (exact) mass is 226 g/mol. The van der Waals surface area contributed by atoms with E-state index in [1.165, 1.54) is 0 Å². The summed E-state index contributed by atoms with van der Waals surface area (Å²) in [5.41, 5.74) is 0. The fourth-order valence-electron chi connectivity index (χ4n) is 1.63. The first kappa shape index (κ1) is 13.0. The zero-order valence-corrected chi connectivity index (χ0v) is 10.3. The third kappa shape index (κ3) is 3.83. The molecule has 0 bridgehead atoms. The van der Waals surface area contributed by atoms with Crippen molar-refractivity contribution in [3.8, 4) is 0 Å². The van der Waals surface area contributed by atoms with Gasteiger partial charge in [-0.1, -0.05) is 19.8 Å². The van der Waals surface area contributed by atoms with Crippen molar-refractivity contribution in [1.82, 2.24) is 10.2 Å². The number of unbranched alkanes of at least 4 members (excludes halogenated alkanes) is 1. The maximum absolute atomic E-state index is 11.6. The summed E-state index contributed by atoms with van der Waals surface area (Å²) in [6.45, 7) is 3.01. The van der Waals surface area contributed by atoms with Crippen LogP contribution in [0.4, 0.5) is 0 Å². The summed E-state index contributed by atoms with van der Waals surface area (Å²) in [5.74, 6) is 0.207. The van der Waals surface area contributed by atoms with E-state index in [2.05, 4.69) is 12.2 Å². The second-order valence-electron chi connectivity index (χ2n) is 4.51. The number of rotatable bonds is 6. The number of amides is 2. The molecule has 0 spiro atoms. The van der Waals surface area contributed by atoms with Crippen LogP contribution in [0.25, 0.3) is 0 Å². The van der Waals surface area contributed by atoms with Crippen molar-refractivity contribution in [3.05, 3.63) is 0 Å². The van der Waals surface area contributed by atoms with Crippen LogP contribution in [0.5, 0.6) is 0 Å². The predicted octanol–water partition coefficient (Wildman–Crippen LogP) is 1.16. The summed E-state index contributed by atoms with van der Waals surface area (Å²) in [6.07, 6.45) is 5.19. The van der Waals surface area contributed by atoms with E-state index in [0.29, 0.717) is 0 Å². The molecule has 0 aromatic carbocycles. The van der Waals surface area contributed by atoms with Crippen LogP contribution in [0.1, 0.15) is 39.0 Å². The van der Waals surface area contributed by atoms with E-state index in [4.69, 9.17) is 0 Å². The average Bonchev–Trinajstić information content (AvgIpc) is 2.19. The Labute approximate surface area is 97.4 Å². The molecule has 0 saturated heterocycles. The molecule has 0 heterocycles. The normalized spacial score (nSPS) is 15.4. The Morgan fingerprint density at radius 1 is 1.38 bits per heavy atom. The second kappa shape index (κ2) is 6.51. The van der Waals surface area contributed by atoms with Crippen molar-refractivity contribution in [2.75, 3.05) is 20.1 Å². The molecule has 4 heteroatoms. The van der Waals surface area contributed by atoms with E-state index in [0.717, 1.165) is 38.6 Å². The fourth-order valence-corrected chi connectivity index (χ4v) is 1.63. The van der Waals surface area contributed by atoms with Crippen molar-refractivity contribution in [2.45, 2.75) is 39.0 Å². The zero-order valence-electron chi connectivity index (χ0n) is 10.3. The van der Waals surface area contributed by atoms with E-state index in [1.54, 1.807) is 11.9 Å². The lowest BCUT2D eigenvalue weighted by Gasteiger charge is -2.24. The molecule has 92 valence electrons. The first-order valence-electron chi connectivity index (χ1n) is 6.16. The van der Waals surface area contributed by atoms with Gasteiger partial charge >= 0.3 is 0 Å². The van der Waals surface area contributed by atoms with E-state index < -0.39 is 0 Å². The minimum Gasteiger partial charge on any atom is -0.347 e. The topological polar surface area (TPSA) is 49.4 Å². The minimum absolute atomic E-state index is 0.00104. The highest BCUT2D eigenvalue weighted by Crippen LogP contribution is 2.25. The van der Waals surface area contributed by atoms with Gasteiger partial charge in [0.2, 0.25) is 11.8 Å². The molecule has 4 nitrogen and oxygen atoms in total. The lowest BCUT2D eigenvalue weighted by atomic mass is 9.85. The van der Waals surface area contributed by atoms with Crippen molar-refractivity contribution in [3.63, 3.8) is 0 Å². The number of hydrogen-bond acceptors (Lipinski definition) is 2. The van der Waals surface area contributed by atoms with Gasteiger partial charge in [-0.15, -0.1) is 0 Å². The summed E-state index contributed by atoms with van der Waals surface area (Å²) < 4.78 is 0. The van der Waals surface area contributed by atoms with Crippen LogP contribution in [-0.4, -0.2) is 36.9 Å². The molecular weight excluding hydrogens is 204 g/mol. The zero-order chi connectivity index (χ0) is 12.0. The van der Waals surface area contributed by atoms with Gasteiger partial charge < -0.3 is 10.2 Å². The number of nitrogens with one attached hydrogen (secondary N) is 1. The molecule has 1 rings (SSSR count). The van der Waals surface area contributed by atoms with Gasteiger partial charge in [-0.05, 0) is 19.3 Å². The Hall–Kier alpha value is -1.06. The van der Waals surface area contributed by atoms with Crippen LogP contribution in [0.2, 0.25) is 0 Å². The predicted molar refractivity (Wildman–Crippen MR) is 62.9 cm³/mol. The standard InChI is InChI=1S/C12H22N2O2/c1-3-4-8-14(2)11(15)9-13-12(16)10-6-5-7-10/h10H,3-9H2,1-2H3,(H,13,16). The molecule has 1 aliphatic rings. The van der Waals surface area contributed by atoms with Crippen LogP contribution in [0, 0.1) is 5.92 Å². The molecule has 0 aromatic rings. The Morgan fingerprint density at radius 3 is 2.56 bits per heavy atom. The van der Waals surface area contributed by atoms with E-state index in [-0.39, 0.29) is 24.3 Å². The molecule has 16 heavy (non-hydrogen) atoms. The molecule has 0 radical (unpaired) electrons. The lowest BCUT2D eigenvalue weighted by Crippen LogP contribution is -2.42. The maximum Gasteiger partial charge on any atom is 0.241 e. The van der Waals surface area contributed by atoms with Gasteiger partial charge in [0, 0.05) is 19.5 Å². The Balaban J connectivity index is 2.15. The molecule has 0 atom stereocenters. The molecule has 0 unspecified atom stereocenters. The van der Waals surface area contributed by atoms with E-state index >= 15 is 0 Å². The second-order valence-corrected chi connectivity index (χ2v) is 4.51. The van der Waals surface area contributed by atoms with Crippen molar-refractivity contribution >= 4 is 11.8 Å². The molecule has 2 amide bonds. The smallest absolute Gasteiger partial charge is 0.241 e. The van der Waals surface area contributed by atoms with Crippen LogP contribution in [-0.2, 0) is 9.59 Å². The summed E-state index contributed by atoms with van der Waals surface area (Å²) in [5, 5.41) is 2.71. The number of likely N-dealkylation sites (N-methyl/N-ethyl adjacent to an activating group) is 1.